The molecule has 0 N–H and O–H groups in total. The molecule has 0 aromatic carbocycles. The van der Waals surface area contributed by atoms with Crippen LogP contribution in [-0.2, 0) is 19.1 Å². The van der Waals surface area contributed by atoms with Gasteiger partial charge in [-0.1, -0.05) is 37.5 Å². The number of thiol groups is 2. The van der Waals surface area contributed by atoms with E-state index >= 15 is 0 Å². The first-order valence-electron chi connectivity index (χ1n) is 6.99. The average molecular weight is 366 g/mol. The number of hydrogen-bond acceptors (Lipinski definition) is 5. The topological polar surface area (TPSA) is 69.7 Å². The molecule has 7 heteroatoms. The molecule has 2 aliphatic heterocycles. The minimum Gasteiger partial charge on any atom is -0.426 e. The summed E-state index contributed by atoms with van der Waals surface area (Å²) in [5.41, 5.74) is 0. The van der Waals surface area contributed by atoms with Gasteiger partial charge >= 0.3 is 6.16 Å². The van der Waals surface area contributed by atoms with Crippen molar-refractivity contribution < 1.29 is 23.9 Å². The molecule has 0 spiro atoms. The van der Waals surface area contributed by atoms with Gasteiger partial charge in [0, 0.05) is 9.81 Å². The molecule has 0 aromatic rings. The number of ether oxygens (including phenoxy) is 2. The molecule has 5 nitrogen and oxygen atoms in total. The molecule has 2 aliphatic rings. The van der Waals surface area contributed by atoms with Crippen LogP contribution < -0.4 is 0 Å². The van der Waals surface area contributed by atoms with Crippen LogP contribution in [0.2, 0.25) is 0 Å². The Hall–Kier alpha value is -2.25. The highest BCUT2D eigenvalue weighted by molar-refractivity contribution is 8.26. The smallest absolute Gasteiger partial charge is 0.426 e. The van der Waals surface area contributed by atoms with Gasteiger partial charge in [-0.3, -0.25) is 9.59 Å². The number of allylic oxidation sites excluding steroid dienone is 4. The minimum absolute atomic E-state index is 0.366. The molecule has 24 heavy (non-hydrogen) atoms. The maximum atomic E-state index is 11.9. The van der Waals surface area contributed by atoms with Crippen molar-refractivity contribution in [3.05, 3.63) is 68.9 Å². The van der Waals surface area contributed by atoms with Crippen LogP contribution in [0.1, 0.15) is 0 Å². The Kier molecular flexibility index (Phi) is 6.45. The van der Waals surface area contributed by atoms with E-state index in [4.69, 9.17) is 9.47 Å². The van der Waals surface area contributed by atoms with Crippen molar-refractivity contribution in [2.24, 2.45) is 0 Å². The van der Waals surface area contributed by atoms with Crippen LogP contribution >= 0.6 is 21.8 Å². The fourth-order valence-corrected chi connectivity index (χ4v) is 4.54. The summed E-state index contributed by atoms with van der Waals surface area (Å²) in [6.07, 6.45) is 6.30. The van der Waals surface area contributed by atoms with Gasteiger partial charge in [-0.2, -0.15) is 21.8 Å². The van der Waals surface area contributed by atoms with E-state index < -0.39 is 41.2 Å². The lowest BCUT2D eigenvalue weighted by molar-refractivity contribution is -0.120. The van der Waals surface area contributed by atoms with E-state index in [1.807, 2.05) is 45.9 Å². The summed E-state index contributed by atoms with van der Waals surface area (Å²) in [5.74, 6) is -0.732. The average Bonchev–Trinajstić information content (AvgIpc) is 3.29. The lowest BCUT2D eigenvalue weighted by Crippen LogP contribution is -2.19. The van der Waals surface area contributed by atoms with Crippen LogP contribution in [0.25, 0.3) is 0 Å². The summed E-state index contributed by atoms with van der Waals surface area (Å²) in [5, 5.41) is 7.52. The second-order valence-electron chi connectivity index (χ2n) is 4.75. The van der Waals surface area contributed by atoms with Crippen molar-refractivity contribution in [3.8, 4) is 0 Å². The number of hydrogen-bond donors (Lipinski definition) is 2. The van der Waals surface area contributed by atoms with E-state index in [9.17, 15) is 14.4 Å². The highest BCUT2D eigenvalue weighted by Crippen LogP contribution is 2.41. The lowest BCUT2D eigenvalue weighted by atomic mass is 10.4. The summed E-state index contributed by atoms with van der Waals surface area (Å²) < 4.78 is 9.45. The SMILES string of the molecule is C=C(C(=O)COC(=O)OCC(=O)C(=C)[SH]1C=CC=C1)[SH]1C=CC=C1. The number of rotatable bonds is 8. The summed E-state index contributed by atoms with van der Waals surface area (Å²) in [7, 11) is -1.64. The summed E-state index contributed by atoms with van der Waals surface area (Å²) in [6.45, 7) is 6.54. The van der Waals surface area contributed by atoms with E-state index in [2.05, 4.69) is 13.2 Å². The molecule has 2 heterocycles. The van der Waals surface area contributed by atoms with Gasteiger partial charge in [0.25, 0.3) is 0 Å². The van der Waals surface area contributed by atoms with E-state index in [0.717, 1.165) is 0 Å². The zero-order chi connectivity index (χ0) is 17.5. The van der Waals surface area contributed by atoms with Crippen molar-refractivity contribution in [1.82, 2.24) is 0 Å². The van der Waals surface area contributed by atoms with E-state index in [1.165, 1.54) is 0 Å². The molecule has 0 radical (unpaired) electrons. The maximum Gasteiger partial charge on any atom is 0.509 e. The molecule has 0 aliphatic carbocycles. The Morgan fingerprint density at radius 2 is 1.04 bits per heavy atom. The second-order valence-corrected chi connectivity index (χ2v) is 8.65. The van der Waals surface area contributed by atoms with Crippen molar-refractivity contribution in [2.75, 3.05) is 13.2 Å². The third-order valence-corrected chi connectivity index (χ3v) is 6.84. The highest BCUT2D eigenvalue weighted by Gasteiger charge is 2.18. The van der Waals surface area contributed by atoms with Gasteiger partial charge in [0.2, 0.25) is 11.6 Å². The number of ketones is 2. The van der Waals surface area contributed by atoms with Gasteiger partial charge in [-0.05, 0) is 21.6 Å². The molecule has 0 saturated heterocycles. The molecular weight excluding hydrogens is 348 g/mol. The Labute approximate surface area is 145 Å². The van der Waals surface area contributed by atoms with Gasteiger partial charge in [0.15, 0.2) is 13.2 Å². The molecule has 128 valence electrons. The largest absolute Gasteiger partial charge is 0.509 e. The lowest BCUT2D eigenvalue weighted by Gasteiger charge is -2.13. The zero-order valence-corrected chi connectivity index (χ0v) is 14.7. The first-order chi connectivity index (χ1) is 11.5. The molecule has 0 bridgehead atoms. The quantitative estimate of drug-likeness (QED) is 0.391. The third kappa shape index (κ3) is 4.87. The Balaban J connectivity index is 1.69. The fraction of sp³-hybridized carbons (Fsp3) is 0.118. The number of Topliss-reactive ketones (excluding diaryl/α,β-unsaturated/α-hetero) is 2. The standard InChI is InChI=1S/C17H18O5S2/c1-13(23-7-3-4-8-23)15(18)11-21-17(20)22-12-16(19)14(2)24-9-5-6-10-24/h3-10,23-24H,1-2,11-12H2. The summed E-state index contributed by atoms with van der Waals surface area (Å²) in [6, 6.07) is 0. The molecule has 2 rings (SSSR count). The Bertz CT molecular complexity index is 618. The molecule has 0 fully saturated rings. The van der Waals surface area contributed by atoms with Gasteiger partial charge in [0.1, 0.15) is 0 Å². The zero-order valence-electron chi connectivity index (χ0n) is 12.9. The fourth-order valence-electron chi connectivity index (χ4n) is 1.77. The molecule has 0 amide bonds. The number of carbonyl (C=O) groups is 3. The van der Waals surface area contributed by atoms with Crippen molar-refractivity contribution >= 4 is 39.5 Å². The predicted molar refractivity (Wildman–Crippen MR) is 100 cm³/mol. The van der Waals surface area contributed by atoms with E-state index in [1.54, 1.807) is 0 Å². The van der Waals surface area contributed by atoms with Crippen LogP contribution in [0.3, 0.4) is 0 Å². The van der Waals surface area contributed by atoms with Crippen molar-refractivity contribution in [1.29, 1.82) is 0 Å². The molecule has 0 atom stereocenters. The summed E-state index contributed by atoms with van der Waals surface area (Å²) >= 11 is 0. The third-order valence-electron chi connectivity index (χ3n) is 3.12. The van der Waals surface area contributed by atoms with E-state index in [0.29, 0.717) is 9.81 Å². The van der Waals surface area contributed by atoms with Crippen LogP contribution in [0.5, 0.6) is 0 Å². The Morgan fingerprint density at radius 1 is 0.708 bits per heavy atom. The van der Waals surface area contributed by atoms with Crippen LogP contribution in [0.15, 0.2) is 68.9 Å². The maximum absolute atomic E-state index is 11.9. The second kappa shape index (κ2) is 8.56. The van der Waals surface area contributed by atoms with E-state index in [-0.39, 0.29) is 11.6 Å². The van der Waals surface area contributed by atoms with Crippen LogP contribution in [0.4, 0.5) is 4.79 Å². The van der Waals surface area contributed by atoms with Gasteiger partial charge in [-0.15, -0.1) is 0 Å². The molecule has 0 aromatic heterocycles. The van der Waals surface area contributed by atoms with Gasteiger partial charge < -0.3 is 9.47 Å². The minimum atomic E-state index is -1.06. The van der Waals surface area contributed by atoms with Crippen molar-refractivity contribution in [2.45, 2.75) is 0 Å². The molecular formula is C17H18O5S2. The monoisotopic (exact) mass is 366 g/mol. The first-order valence-corrected chi connectivity index (χ1v) is 9.95. The van der Waals surface area contributed by atoms with Crippen molar-refractivity contribution in [3.63, 3.8) is 0 Å². The predicted octanol–water partition coefficient (Wildman–Crippen LogP) is 3.39. The van der Waals surface area contributed by atoms with Crippen LogP contribution in [-0.4, -0.2) is 30.9 Å². The van der Waals surface area contributed by atoms with Gasteiger partial charge in [-0.25, -0.2) is 4.79 Å². The Morgan fingerprint density at radius 3 is 1.38 bits per heavy atom. The molecule has 0 saturated carbocycles. The van der Waals surface area contributed by atoms with Crippen LogP contribution in [0, 0.1) is 0 Å². The summed E-state index contributed by atoms with van der Waals surface area (Å²) in [4.78, 5) is 36.0. The highest BCUT2D eigenvalue weighted by atomic mass is 32.2. The number of carbonyl (C=O) groups excluding carboxylic acids is 3. The van der Waals surface area contributed by atoms with Gasteiger partial charge in [0.05, 0.1) is 0 Å². The first kappa shape index (κ1) is 18.1. The molecule has 0 unspecified atom stereocenters. The normalized spacial score (nSPS) is 17.2.